The Labute approximate surface area is 134 Å². The Balaban J connectivity index is 1.86. The number of anilines is 1. The van der Waals surface area contributed by atoms with Gasteiger partial charge >= 0.3 is 5.69 Å². The zero-order valence-electron chi connectivity index (χ0n) is 13.8. The van der Waals surface area contributed by atoms with Gasteiger partial charge in [0.2, 0.25) is 5.88 Å². The monoisotopic (exact) mass is 318 g/mol. The lowest BCUT2D eigenvalue weighted by atomic mass is 9.97. The summed E-state index contributed by atoms with van der Waals surface area (Å²) in [5.41, 5.74) is -0.0525. The summed E-state index contributed by atoms with van der Waals surface area (Å²) in [6.07, 6.45) is 3.57. The highest BCUT2D eigenvalue weighted by Gasteiger charge is 2.27. The molecule has 0 saturated carbocycles. The third kappa shape index (κ3) is 2.93. The smallest absolute Gasteiger partial charge is 0.345 e. The van der Waals surface area contributed by atoms with Gasteiger partial charge in [0.25, 0.3) is 0 Å². The molecule has 1 atom stereocenters. The van der Waals surface area contributed by atoms with Crippen molar-refractivity contribution in [3.63, 3.8) is 0 Å². The maximum atomic E-state index is 12.1. The number of hydrogen-bond donors (Lipinski definition) is 0. The molecule has 0 radical (unpaired) electrons. The van der Waals surface area contributed by atoms with Crippen LogP contribution in [0.3, 0.4) is 0 Å². The lowest BCUT2D eigenvalue weighted by Crippen LogP contribution is -2.36. The third-order valence-electron chi connectivity index (χ3n) is 4.30. The van der Waals surface area contributed by atoms with E-state index in [1.54, 1.807) is 18.7 Å². The molecule has 1 aliphatic rings. The molecule has 2 aromatic rings. The zero-order valence-corrected chi connectivity index (χ0v) is 13.8. The molecule has 1 aliphatic heterocycles. The average Bonchev–Trinajstić information content (AvgIpc) is 2.89. The van der Waals surface area contributed by atoms with Gasteiger partial charge in [-0.25, -0.2) is 19.4 Å². The van der Waals surface area contributed by atoms with Gasteiger partial charge in [-0.3, -0.25) is 4.57 Å². The van der Waals surface area contributed by atoms with E-state index in [1.165, 1.54) is 11.0 Å². The predicted molar refractivity (Wildman–Crippen MR) is 85.9 cm³/mol. The van der Waals surface area contributed by atoms with Crippen LogP contribution in [0.25, 0.3) is 0 Å². The molecule has 1 saturated heterocycles. The molecular weight excluding hydrogens is 296 g/mol. The first-order valence-electron chi connectivity index (χ1n) is 7.88. The minimum Gasteiger partial charge on any atom is -0.481 e. The number of methoxy groups -OCH3 is 1. The average molecular weight is 318 g/mol. The van der Waals surface area contributed by atoms with Crippen molar-refractivity contribution >= 4 is 5.82 Å². The van der Waals surface area contributed by atoms with Crippen molar-refractivity contribution < 1.29 is 4.74 Å². The molecule has 1 fully saturated rings. The molecule has 0 aromatic carbocycles. The Hall–Kier alpha value is -2.38. The van der Waals surface area contributed by atoms with Crippen molar-refractivity contribution in [3.8, 4) is 5.88 Å². The van der Waals surface area contributed by atoms with Gasteiger partial charge in [0.05, 0.1) is 7.11 Å². The van der Waals surface area contributed by atoms with Crippen LogP contribution in [0.5, 0.6) is 5.88 Å². The van der Waals surface area contributed by atoms with Crippen LogP contribution in [0.1, 0.15) is 31.5 Å². The number of nitrogens with zero attached hydrogens (tertiary/aromatic N) is 6. The van der Waals surface area contributed by atoms with Gasteiger partial charge in [-0.2, -0.15) is 5.10 Å². The Morgan fingerprint density at radius 2 is 2.22 bits per heavy atom. The molecule has 0 spiro atoms. The summed E-state index contributed by atoms with van der Waals surface area (Å²) in [5.74, 6) is 2.49. The second kappa shape index (κ2) is 6.39. The Morgan fingerprint density at radius 3 is 2.96 bits per heavy atom. The van der Waals surface area contributed by atoms with E-state index in [2.05, 4.69) is 20.0 Å². The van der Waals surface area contributed by atoms with E-state index in [-0.39, 0.29) is 11.6 Å². The second-order valence-corrected chi connectivity index (χ2v) is 5.71. The van der Waals surface area contributed by atoms with Crippen molar-refractivity contribution in [3.05, 3.63) is 28.7 Å². The van der Waals surface area contributed by atoms with E-state index in [9.17, 15) is 4.79 Å². The van der Waals surface area contributed by atoms with Gasteiger partial charge in [0.1, 0.15) is 18.0 Å². The highest BCUT2D eigenvalue weighted by molar-refractivity contribution is 5.41. The predicted octanol–water partition coefficient (Wildman–Crippen LogP) is 0.784. The van der Waals surface area contributed by atoms with E-state index in [0.29, 0.717) is 12.4 Å². The van der Waals surface area contributed by atoms with E-state index < -0.39 is 0 Å². The topological polar surface area (TPSA) is 78.1 Å². The summed E-state index contributed by atoms with van der Waals surface area (Å²) in [6, 6.07) is 1.84. The maximum absolute atomic E-state index is 12.1. The highest BCUT2D eigenvalue weighted by Crippen LogP contribution is 2.28. The van der Waals surface area contributed by atoms with Crippen LogP contribution < -0.4 is 15.3 Å². The minimum absolute atomic E-state index is 0.0525. The largest absolute Gasteiger partial charge is 0.481 e. The van der Waals surface area contributed by atoms with Crippen LogP contribution in [0.4, 0.5) is 5.82 Å². The Morgan fingerprint density at radius 1 is 1.39 bits per heavy atom. The number of aryl methyl sites for hydroxylation is 1. The quantitative estimate of drug-likeness (QED) is 0.829. The Kier molecular flexibility index (Phi) is 4.31. The molecule has 2 aromatic heterocycles. The first-order valence-corrected chi connectivity index (χ1v) is 7.88. The highest BCUT2D eigenvalue weighted by atomic mass is 16.5. The van der Waals surface area contributed by atoms with Crippen molar-refractivity contribution in [2.45, 2.75) is 32.2 Å². The first-order chi connectivity index (χ1) is 11.1. The van der Waals surface area contributed by atoms with Gasteiger partial charge < -0.3 is 9.64 Å². The molecule has 3 heterocycles. The normalized spacial score (nSPS) is 18.2. The second-order valence-electron chi connectivity index (χ2n) is 5.71. The SMILES string of the molecule is CCn1c([C@@H]2CCCN(c3cc(OC)ncn3)C2)nn(C)c1=O. The van der Waals surface area contributed by atoms with Crippen LogP contribution in [-0.2, 0) is 13.6 Å². The van der Waals surface area contributed by atoms with Crippen molar-refractivity contribution in [1.29, 1.82) is 0 Å². The van der Waals surface area contributed by atoms with E-state index in [1.807, 2.05) is 13.0 Å². The summed E-state index contributed by atoms with van der Waals surface area (Å²) in [4.78, 5) is 22.7. The summed E-state index contributed by atoms with van der Waals surface area (Å²) < 4.78 is 8.35. The fraction of sp³-hybridized carbons (Fsp3) is 0.600. The van der Waals surface area contributed by atoms with Gasteiger partial charge in [0.15, 0.2) is 0 Å². The molecule has 3 rings (SSSR count). The van der Waals surface area contributed by atoms with Crippen molar-refractivity contribution in [2.75, 3.05) is 25.1 Å². The zero-order chi connectivity index (χ0) is 16.4. The molecule has 8 nitrogen and oxygen atoms in total. The molecular formula is C15H22N6O2. The van der Waals surface area contributed by atoms with Gasteiger partial charge in [-0.15, -0.1) is 0 Å². The van der Waals surface area contributed by atoms with Crippen LogP contribution in [0.15, 0.2) is 17.2 Å². The van der Waals surface area contributed by atoms with Crippen LogP contribution in [0, 0.1) is 0 Å². The van der Waals surface area contributed by atoms with Crippen molar-refractivity contribution in [2.24, 2.45) is 7.05 Å². The molecule has 124 valence electrons. The van der Waals surface area contributed by atoms with Crippen LogP contribution in [-0.4, -0.2) is 44.5 Å². The van der Waals surface area contributed by atoms with Gasteiger partial charge in [-0.1, -0.05) is 0 Å². The molecule has 0 amide bonds. The van der Waals surface area contributed by atoms with Crippen LogP contribution in [0.2, 0.25) is 0 Å². The van der Waals surface area contributed by atoms with Crippen molar-refractivity contribution in [1.82, 2.24) is 24.3 Å². The number of hydrogen-bond acceptors (Lipinski definition) is 6. The summed E-state index contributed by atoms with van der Waals surface area (Å²) in [7, 11) is 3.30. The lowest BCUT2D eigenvalue weighted by molar-refractivity contribution is 0.396. The summed E-state index contributed by atoms with van der Waals surface area (Å²) in [6.45, 7) is 4.33. The molecule has 0 aliphatic carbocycles. The third-order valence-corrected chi connectivity index (χ3v) is 4.30. The first kappa shape index (κ1) is 15.5. The standard InChI is InChI=1S/C15H22N6O2/c1-4-21-14(18-19(2)15(21)22)11-6-5-7-20(9-11)12-8-13(23-3)17-10-16-12/h8,10-11H,4-7,9H2,1-3H3/t11-/m1/s1. The molecule has 23 heavy (non-hydrogen) atoms. The summed E-state index contributed by atoms with van der Waals surface area (Å²) >= 11 is 0. The fourth-order valence-electron chi connectivity index (χ4n) is 3.13. The molecule has 0 N–H and O–H groups in total. The minimum atomic E-state index is -0.0525. The number of aromatic nitrogens is 5. The number of piperidine rings is 1. The number of rotatable bonds is 4. The molecule has 8 heteroatoms. The Bertz CT molecular complexity index is 738. The van der Waals surface area contributed by atoms with Gasteiger partial charge in [0, 0.05) is 38.7 Å². The van der Waals surface area contributed by atoms with Crippen LogP contribution >= 0.6 is 0 Å². The summed E-state index contributed by atoms with van der Waals surface area (Å²) in [5, 5.41) is 4.45. The maximum Gasteiger partial charge on any atom is 0.345 e. The van der Waals surface area contributed by atoms with E-state index in [4.69, 9.17) is 4.74 Å². The van der Waals surface area contributed by atoms with E-state index in [0.717, 1.165) is 37.6 Å². The lowest BCUT2D eigenvalue weighted by Gasteiger charge is -2.33. The van der Waals surface area contributed by atoms with Gasteiger partial charge in [-0.05, 0) is 19.8 Å². The molecule has 0 bridgehead atoms. The fourth-order valence-corrected chi connectivity index (χ4v) is 3.13. The molecule has 0 unspecified atom stereocenters. The number of ether oxygens (including phenoxy) is 1. The van der Waals surface area contributed by atoms with E-state index >= 15 is 0 Å².